The number of methoxy groups -OCH3 is 3. The minimum Gasteiger partial charge on any atom is -0.493 e. The summed E-state index contributed by atoms with van der Waals surface area (Å²) in [6.45, 7) is 3.98. The fourth-order valence-electron chi connectivity index (χ4n) is 4.66. The highest BCUT2D eigenvalue weighted by molar-refractivity contribution is 7.91. The largest absolute Gasteiger partial charge is 0.493 e. The summed E-state index contributed by atoms with van der Waals surface area (Å²) in [7, 11) is 0.480. The number of unbranched alkanes of at least 4 members (excludes halogenated alkanes) is 1. The van der Waals surface area contributed by atoms with Crippen LogP contribution in [0, 0.1) is 0 Å². The van der Waals surface area contributed by atoms with Crippen molar-refractivity contribution in [2.75, 3.05) is 27.1 Å². The summed E-state index contributed by atoms with van der Waals surface area (Å²) in [5.74, 6) is 0.421. The maximum atomic E-state index is 13.9. The van der Waals surface area contributed by atoms with Gasteiger partial charge in [-0.25, -0.2) is 8.42 Å². The molecular formula is C24H33NO6S. The van der Waals surface area contributed by atoms with Gasteiger partial charge in [-0.2, -0.15) is 5.06 Å². The first kappa shape index (κ1) is 24.4. The van der Waals surface area contributed by atoms with Gasteiger partial charge >= 0.3 is 0 Å². The van der Waals surface area contributed by atoms with Crippen LogP contribution in [0.2, 0.25) is 0 Å². The molecule has 0 amide bonds. The van der Waals surface area contributed by atoms with E-state index in [1.165, 1.54) is 26.4 Å². The Bertz CT molecular complexity index is 1040. The quantitative estimate of drug-likeness (QED) is 0.611. The van der Waals surface area contributed by atoms with Crippen molar-refractivity contribution in [3.63, 3.8) is 0 Å². The van der Waals surface area contributed by atoms with Crippen LogP contribution in [0.15, 0.2) is 41.3 Å². The van der Waals surface area contributed by atoms with Gasteiger partial charge < -0.3 is 19.4 Å². The van der Waals surface area contributed by atoms with Crippen molar-refractivity contribution in [3.8, 4) is 17.2 Å². The molecule has 0 saturated heterocycles. The van der Waals surface area contributed by atoms with E-state index in [1.807, 2.05) is 37.3 Å². The van der Waals surface area contributed by atoms with Gasteiger partial charge in [-0.05, 0) is 24.5 Å². The number of benzene rings is 2. The van der Waals surface area contributed by atoms with Crippen molar-refractivity contribution in [2.24, 2.45) is 0 Å². The Morgan fingerprint density at radius 1 is 1.06 bits per heavy atom. The third kappa shape index (κ3) is 4.07. The Labute approximate surface area is 190 Å². The van der Waals surface area contributed by atoms with Crippen LogP contribution < -0.4 is 14.2 Å². The second kappa shape index (κ2) is 9.68. The van der Waals surface area contributed by atoms with Gasteiger partial charge in [0.1, 0.15) is 4.90 Å². The summed E-state index contributed by atoms with van der Waals surface area (Å²) in [4.78, 5) is 0.0392. The minimum absolute atomic E-state index is 0.0392. The zero-order valence-electron chi connectivity index (χ0n) is 19.4. The maximum absolute atomic E-state index is 13.9. The van der Waals surface area contributed by atoms with E-state index in [9.17, 15) is 13.6 Å². The molecule has 1 aliphatic heterocycles. The number of rotatable bonds is 8. The van der Waals surface area contributed by atoms with E-state index in [4.69, 9.17) is 14.2 Å². The molecule has 2 aromatic rings. The summed E-state index contributed by atoms with van der Waals surface area (Å²) in [6, 6.07) is 10.3. The molecular weight excluding hydrogens is 430 g/mol. The Hall–Kier alpha value is -2.29. The smallest absolute Gasteiger partial charge is 0.204 e. The number of ether oxygens (including phenoxy) is 3. The Kier molecular flexibility index (Phi) is 7.37. The van der Waals surface area contributed by atoms with Crippen LogP contribution in [-0.2, 0) is 9.84 Å². The molecule has 176 valence electrons. The van der Waals surface area contributed by atoms with Crippen molar-refractivity contribution >= 4 is 9.84 Å². The summed E-state index contributed by atoms with van der Waals surface area (Å²) in [5, 5.41) is 13.0. The highest BCUT2D eigenvalue weighted by Gasteiger charge is 2.49. The van der Waals surface area contributed by atoms with Crippen molar-refractivity contribution in [1.29, 1.82) is 0 Å². The van der Waals surface area contributed by atoms with Gasteiger partial charge in [-0.3, -0.25) is 0 Å². The van der Waals surface area contributed by atoms with Crippen LogP contribution >= 0.6 is 0 Å². The van der Waals surface area contributed by atoms with Crippen LogP contribution in [0.1, 0.15) is 56.7 Å². The molecule has 0 aromatic heterocycles. The lowest BCUT2D eigenvalue weighted by Crippen LogP contribution is -2.51. The first-order valence-electron chi connectivity index (χ1n) is 10.9. The highest BCUT2D eigenvalue weighted by atomic mass is 32.2. The molecule has 0 aliphatic carbocycles. The lowest BCUT2D eigenvalue weighted by molar-refractivity contribution is -0.193. The molecule has 0 fully saturated rings. The van der Waals surface area contributed by atoms with E-state index < -0.39 is 21.4 Å². The molecule has 2 atom stereocenters. The van der Waals surface area contributed by atoms with E-state index in [-0.39, 0.29) is 22.1 Å². The average molecular weight is 464 g/mol. The highest BCUT2D eigenvalue weighted by Crippen LogP contribution is 2.52. The molecule has 0 spiro atoms. The zero-order chi connectivity index (χ0) is 23.5. The van der Waals surface area contributed by atoms with E-state index in [0.717, 1.165) is 18.4 Å². The third-order valence-corrected chi connectivity index (χ3v) is 8.34. The SMILES string of the molecule is CCCC[C@@]1(CC)CS(=O)(=O)c2c(cc(OC)c(OC)c2OC)[C@H](c2ccccc2)N1O. The molecule has 32 heavy (non-hydrogen) atoms. The third-order valence-electron chi connectivity index (χ3n) is 6.38. The first-order chi connectivity index (χ1) is 15.3. The summed E-state index contributed by atoms with van der Waals surface area (Å²) < 4.78 is 44.4. The van der Waals surface area contributed by atoms with Crippen LogP contribution in [0.25, 0.3) is 0 Å². The Balaban J connectivity index is 2.44. The number of hydrogen-bond donors (Lipinski definition) is 1. The fraction of sp³-hybridized carbons (Fsp3) is 0.500. The average Bonchev–Trinajstić information content (AvgIpc) is 2.87. The van der Waals surface area contributed by atoms with Crippen LogP contribution in [0.4, 0.5) is 0 Å². The number of hydrogen-bond acceptors (Lipinski definition) is 7. The van der Waals surface area contributed by atoms with E-state index in [0.29, 0.717) is 24.2 Å². The van der Waals surface area contributed by atoms with Gasteiger partial charge in [-0.1, -0.05) is 57.0 Å². The van der Waals surface area contributed by atoms with Gasteiger partial charge in [0.2, 0.25) is 5.75 Å². The minimum atomic E-state index is -3.87. The van der Waals surface area contributed by atoms with Crippen LogP contribution in [0.5, 0.6) is 17.2 Å². The molecule has 0 bridgehead atoms. The molecule has 2 aromatic carbocycles. The predicted molar refractivity (Wildman–Crippen MR) is 123 cm³/mol. The molecule has 0 radical (unpaired) electrons. The van der Waals surface area contributed by atoms with Crippen molar-refractivity contribution in [3.05, 3.63) is 47.5 Å². The van der Waals surface area contributed by atoms with Gasteiger partial charge in [-0.15, -0.1) is 0 Å². The second-order valence-electron chi connectivity index (χ2n) is 8.16. The Morgan fingerprint density at radius 3 is 2.25 bits per heavy atom. The first-order valence-corrected chi connectivity index (χ1v) is 12.5. The Morgan fingerprint density at radius 2 is 1.72 bits per heavy atom. The van der Waals surface area contributed by atoms with Crippen LogP contribution in [-0.4, -0.2) is 51.3 Å². The van der Waals surface area contributed by atoms with Crippen molar-refractivity contribution in [1.82, 2.24) is 5.06 Å². The molecule has 1 heterocycles. The van der Waals surface area contributed by atoms with Crippen molar-refractivity contribution in [2.45, 2.75) is 56.0 Å². The zero-order valence-corrected chi connectivity index (χ0v) is 20.2. The van der Waals surface area contributed by atoms with Crippen molar-refractivity contribution < 1.29 is 27.8 Å². The molecule has 1 N–H and O–H groups in total. The molecule has 0 saturated carbocycles. The van der Waals surface area contributed by atoms with Gasteiger partial charge in [0, 0.05) is 5.56 Å². The van der Waals surface area contributed by atoms with Gasteiger partial charge in [0.05, 0.1) is 38.7 Å². The van der Waals surface area contributed by atoms with E-state index in [1.54, 1.807) is 6.07 Å². The van der Waals surface area contributed by atoms with Gasteiger partial charge in [0.15, 0.2) is 21.3 Å². The standard InChI is InChI=1S/C24H33NO6S/c1-6-8-14-24(7-2)16-32(27,28)23-18(15-19(29-3)21(30-4)22(23)31-5)20(25(24)26)17-12-10-9-11-13-17/h9-13,15,20,26H,6-8,14,16H2,1-5H3/t20-,24-/m0/s1. The molecule has 0 unspecified atom stereocenters. The monoisotopic (exact) mass is 463 g/mol. The van der Waals surface area contributed by atoms with Crippen LogP contribution in [0.3, 0.4) is 0 Å². The normalized spacial score (nSPS) is 22.6. The number of fused-ring (bicyclic) bond motifs is 1. The lowest BCUT2D eigenvalue weighted by Gasteiger charge is -2.42. The van der Waals surface area contributed by atoms with Gasteiger partial charge in [0.25, 0.3) is 0 Å². The molecule has 8 heteroatoms. The number of sulfone groups is 1. The fourth-order valence-corrected chi connectivity index (χ4v) is 6.98. The summed E-state index contributed by atoms with van der Waals surface area (Å²) in [6.07, 6.45) is 2.70. The maximum Gasteiger partial charge on any atom is 0.204 e. The topological polar surface area (TPSA) is 85.3 Å². The molecule has 3 rings (SSSR count). The predicted octanol–water partition coefficient (Wildman–Crippen LogP) is 4.62. The molecule has 1 aliphatic rings. The molecule has 7 nitrogen and oxygen atoms in total. The second-order valence-corrected chi connectivity index (χ2v) is 10.1. The summed E-state index contributed by atoms with van der Waals surface area (Å²) >= 11 is 0. The number of hydroxylamine groups is 2. The number of nitrogens with zero attached hydrogens (tertiary/aromatic N) is 1. The van der Waals surface area contributed by atoms with E-state index in [2.05, 4.69) is 6.92 Å². The summed E-state index contributed by atoms with van der Waals surface area (Å²) in [5.41, 5.74) is 0.219. The van der Waals surface area contributed by atoms with E-state index >= 15 is 0 Å². The lowest BCUT2D eigenvalue weighted by atomic mass is 9.87.